The maximum Gasteiger partial charge on any atom is 0.197 e. The van der Waals surface area contributed by atoms with E-state index in [1.54, 1.807) is 0 Å². The molecule has 8 heteroatoms. The van der Waals surface area contributed by atoms with Crippen LogP contribution in [0.15, 0.2) is 297 Å². The van der Waals surface area contributed by atoms with Crippen molar-refractivity contribution in [3.63, 3.8) is 0 Å². The highest BCUT2D eigenvalue weighted by Crippen LogP contribution is 2.47. The Morgan fingerprint density at radius 2 is 0.526 bits per heavy atom. The molecule has 0 spiro atoms. The number of para-hydroxylation sites is 8. The number of nitriles is 1. The van der Waals surface area contributed by atoms with E-state index in [4.69, 9.17) is 0 Å². The van der Waals surface area contributed by atoms with Gasteiger partial charge in [0.2, 0.25) is 0 Å². The molecule has 0 aliphatic heterocycles. The largest absolute Gasteiger partial charge is 0.309 e. The van der Waals surface area contributed by atoms with Crippen LogP contribution >= 0.6 is 0 Å². The van der Waals surface area contributed by atoms with Gasteiger partial charge in [0.05, 0.1) is 95.8 Å². The van der Waals surface area contributed by atoms with Gasteiger partial charge in [-0.2, -0.15) is 5.26 Å². The van der Waals surface area contributed by atoms with Gasteiger partial charge < -0.3 is 27.4 Å². The number of hydrogen-bond donors (Lipinski definition) is 0. The van der Waals surface area contributed by atoms with Crippen LogP contribution in [0.3, 0.4) is 0 Å². The highest BCUT2D eigenvalue weighted by atomic mass is 15.1. The van der Waals surface area contributed by atoms with Crippen LogP contribution in [0.5, 0.6) is 0 Å². The summed E-state index contributed by atoms with van der Waals surface area (Å²) in [5.41, 5.74) is 21.7. The standard InChI is InChI=1S/C87H52N8/c1-53-35-40-59(54(45-53)52-88)72-50-86(94-82-46-55(90-74-27-11-3-19-60(74)61-20-4-12-28-75(61)90)36-41-68(82)69-42-37-56(47-83(69)94)91-76-29-13-5-21-62(76)63-22-6-14-30-77(63)91)87(51-73(72)89-2)95-84-48-57(92-78-31-15-7-23-64(78)65-24-8-16-32-79(65)92)38-43-70(84)71-44-39-58(49-85(71)95)93-80-33-17-9-25-66(80)67-26-10-18-34-81(67)93/h3-51H,1H3. The van der Waals surface area contributed by atoms with Gasteiger partial charge in [-0.05, 0) is 139 Å². The lowest BCUT2D eigenvalue weighted by Gasteiger charge is -2.21. The quantitative estimate of drug-likeness (QED) is 0.147. The van der Waals surface area contributed by atoms with Gasteiger partial charge in [-0.3, -0.25) is 0 Å². The minimum Gasteiger partial charge on any atom is -0.309 e. The van der Waals surface area contributed by atoms with Gasteiger partial charge in [0.1, 0.15) is 0 Å². The van der Waals surface area contributed by atoms with Crippen LogP contribution in [-0.4, -0.2) is 27.4 Å². The average Bonchev–Trinajstić information content (AvgIpc) is 1.58. The van der Waals surface area contributed by atoms with Gasteiger partial charge in [0.25, 0.3) is 0 Å². The SMILES string of the molecule is [C-]#[N+]c1cc(-n2c3cc(-n4c5ccccc5c5ccccc54)ccc3c3ccc(-n4c5ccccc5c5ccccc54)cc32)c(-n2c3cc(-n4c5ccccc5c5ccccc54)ccc3c3ccc(-n4c5ccccc5c5ccccc54)cc32)cc1-c1ccc(C)cc1C#N. The van der Waals surface area contributed by atoms with Crippen molar-refractivity contribution in [2.45, 2.75) is 6.92 Å². The number of aryl methyl sites for hydroxylation is 1. The topological polar surface area (TPSA) is 57.7 Å². The van der Waals surface area contributed by atoms with Gasteiger partial charge in [-0.15, -0.1) is 0 Å². The molecule has 440 valence electrons. The molecule has 95 heavy (non-hydrogen) atoms. The van der Waals surface area contributed by atoms with E-state index in [1.165, 1.54) is 43.1 Å². The van der Waals surface area contributed by atoms with Crippen molar-refractivity contribution in [1.82, 2.24) is 27.4 Å². The summed E-state index contributed by atoms with van der Waals surface area (Å²) >= 11 is 0. The van der Waals surface area contributed by atoms with E-state index in [2.05, 4.69) is 317 Å². The van der Waals surface area contributed by atoms with E-state index in [9.17, 15) is 11.8 Å². The molecule has 0 saturated heterocycles. The van der Waals surface area contributed by atoms with Crippen LogP contribution in [0.25, 0.3) is 181 Å². The van der Waals surface area contributed by atoms with Gasteiger partial charge in [-0.1, -0.05) is 182 Å². The first-order valence-corrected chi connectivity index (χ1v) is 32.2. The molecule has 0 aliphatic carbocycles. The fourth-order valence-electron chi connectivity index (χ4n) is 16.1. The number of hydrogen-bond acceptors (Lipinski definition) is 1. The summed E-state index contributed by atoms with van der Waals surface area (Å²) in [5.74, 6) is 0. The van der Waals surface area contributed by atoms with Crippen molar-refractivity contribution in [3.8, 4) is 51.3 Å². The Morgan fingerprint density at radius 1 is 0.263 bits per heavy atom. The lowest BCUT2D eigenvalue weighted by atomic mass is 9.96. The molecule has 0 saturated carbocycles. The number of rotatable bonds is 7. The molecule has 0 radical (unpaired) electrons. The zero-order chi connectivity index (χ0) is 62.7. The van der Waals surface area contributed by atoms with Crippen LogP contribution in [-0.2, 0) is 0 Å². The van der Waals surface area contributed by atoms with Crippen LogP contribution in [0.2, 0.25) is 0 Å². The maximum absolute atomic E-state index is 11.1. The summed E-state index contributed by atoms with van der Waals surface area (Å²) in [4.78, 5) is 4.49. The Morgan fingerprint density at radius 3 is 0.800 bits per heavy atom. The van der Waals surface area contributed by atoms with Crippen molar-refractivity contribution in [2.24, 2.45) is 0 Å². The summed E-state index contributed by atoms with van der Waals surface area (Å²) in [5, 5.41) is 24.8. The van der Waals surface area contributed by atoms with E-state index in [1.807, 2.05) is 25.1 Å². The smallest absolute Gasteiger partial charge is 0.197 e. The number of fused-ring (bicyclic) bond motifs is 18. The Labute approximate surface area is 544 Å². The zero-order valence-corrected chi connectivity index (χ0v) is 51.4. The van der Waals surface area contributed by atoms with Crippen LogP contribution < -0.4 is 0 Å². The third-order valence-corrected chi connectivity index (χ3v) is 20.1. The normalized spacial score (nSPS) is 12.0. The van der Waals surface area contributed by atoms with E-state index >= 15 is 0 Å². The summed E-state index contributed by atoms with van der Waals surface area (Å²) in [6, 6.07) is 110. The summed E-state index contributed by atoms with van der Waals surface area (Å²) in [6.45, 7) is 11.3. The molecule has 0 fully saturated rings. The van der Waals surface area contributed by atoms with E-state index < -0.39 is 0 Å². The second-order valence-electron chi connectivity index (χ2n) is 25.1. The first kappa shape index (κ1) is 52.6. The molecule has 20 rings (SSSR count). The minimum atomic E-state index is 0.425. The Bertz CT molecular complexity index is 6280. The number of aromatic nitrogens is 6. The number of nitrogens with zero attached hydrogens (tertiary/aromatic N) is 8. The molecular formula is C87H52N8. The zero-order valence-electron chi connectivity index (χ0n) is 51.4. The fraction of sp³-hybridized carbons (Fsp3) is 0.0115. The van der Waals surface area contributed by atoms with Gasteiger partial charge >= 0.3 is 0 Å². The molecule has 8 nitrogen and oxygen atoms in total. The molecule has 0 atom stereocenters. The van der Waals surface area contributed by atoms with Crippen molar-refractivity contribution < 1.29 is 0 Å². The second-order valence-corrected chi connectivity index (χ2v) is 25.1. The molecule has 0 bridgehead atoms. The average molecular weight is 1210 g/mol. The third-order valence-electron chi connectivity index (χ3n) is 20.1. The van der Waals surface area contributed by atoms with Gasteiger partial charge in [0.15, 0.2) is 5.69 Å². The van der Waals surface area contributed by atoms with E-state index in [0.29, 0.717) is 22.4 Å². The first-order chi connectivity index (χ1) is 47.0. The van der Waals surface area contributed by atoms with Crippen molar-refractivity contribution in [2.75, 3.05) is 0 Å². The van der Waals surface area contributed by atoms with Crippen LogP contribution in [0, 0.1) is 24.8 Å². The maximum atomic E-state index is 11.1. The van der Waals surface area contributed by atoms with Crippen LogP contribution in [0.4, 0.5) is 5.69 Å². The molecule has 20 aromatic rings. The van der Waals surface area contributed by atoms with Crippen molar-refractivity contribution >= 4 is 137 Å². The summed E-state index contributed by atoms with van der Waals surface area (Å²) < 4.78 is 14.5. The molecule has 0 unspecified atom stereocenters. The molecule has 0 aliphatic rings. The first-order valence-electron chi connectivity index (χ1n) is 32.2. The van der Waals surface area contributed by atoms with Gasteiger partial charge in [0, 0.05) is 87.4 Å². The van der Waals surface area contributed by atoms with Crippen LogP contribution in [0.1, 0.15) is 11.1 Å². The Balaban J connectivity index is 0.969. The third kappa shape index (κ3) is 7.45. The molecule has 0 amide bonds. The summed E-state index contributed by atoms with van der Waals surface area (Å²) in [6.07, 6.45) is 0. The summed E-state index contributed by atoms with van der Waals surface area (Å²) in [7, 11) is 0. The lowest BCUT2D eigenvalue weighted by molar-refractivity contribution is 1.08. The fourth-order valence-corrected chi connectivity index (χ4v) is 16.1. The second kappa shape index (κ2) is 19.9. The molecule has 6 aromatic heterocycles. The molecular weight excluding hydrogens is 1160 g/mol. The molecule has 14 aromatic carbocycles. The van der Waals surface area contributed by atoms with Crippen molar-refractivity contribution in [1.29, 1.82) is 5.26 Å². The Kier molecular flexibility index (Phi) is 11.0. The molecule has 6 heterocycles. The van der Waals surface area contributed by atoms with E-state index in [0.717, 1.165) is 127 Å². The lowest BCUT2D eigenvalue weighted by Crippen LogP contribution is -2.06. The monoisotopic (exact) mass is 1210 g/mol. The Hall–Kier alpha value is -13.1. The van der Waals surface area contributed by atoms with Gasteiger partial charge in [-0.25, -0.2) is 4.85 Å². The molecule has 0 N–H and O–H groups in total. The minimum absolute atomic E-state index is 0.425. The number of benzene rings is 14. The van der Waals surface area contributed by atoms with Crippen molar-refractivity contribution in [3.05, 3.63) is 320 Å². The highest BCUT2D eigenvalue weighted by molar-refractivity contribution is 6.17. The highest BCUT2D eigenvalue weighted by Gasteiger charge is 2.27. The predicted octanol–water partition coefficient (Wildman–Crippen LogP) is 22.7. The van der Waals surface area contributed by atoms with E-state index in [-0.39, 0.29) is 0 Å². The predicted molar refractivity (Wildman–Crippen MR) is 394 cm³/mol.